The number of halogens is 1. The van der Waals surface area contributed by atoms with Crippen LogP contribution in [0.3, 0.4) is 0 Å². The van der Waals surface area contributed by atoms with E-state index in [1.54, 1.807) is 31.2 Å². The second-order valence-electron chi connectivity index (χ2n) is 6.35. The van der Waals surface area contributed by atoms with Crippen molar-refractivity contribution in [3.8, 4) is 0 Å². The highest BCUT2D eigenvalue weighted by Crippen LogP contribution is 2.33. The molecule has 2 rings (SSSR count). The number of hydrogen-bond acceptors (Lipinski definition) is 2. The summed E-state index contributed by atoms with van der Waals surface area (Å²) in [6.07, 6.45) is 2.81. The first kappa shape index (κ1) is 16.8. The summed E-state index contributed by atoms with van der Waals surface area (Å²) in [6, 6.07) is 7.06. The van der Waals surface area contributed by atoms with Crippen molar-refractivity contribution in [2.24, 2.45) is 5.92 Å². The minimum Gasteiger partial charge on any atom is -0.480 e. The third kappa shape index (κ3) is 3.61. The average molecular weight is 324 g/mol. The van der Waals surface area contributed by atoms with Crippen molar-refractivity contribution in [1.82, 2.24) is 5.32 Å². The van der Waals surface area contributed by atoms with Crippen molar-refractivity contribution in [2.45, 2.75) is 51.0 Å². The highest BCUT2D eigenvalue weighted by atomic mass is 35.5. The predicted molar refractivity (Wildman–Crippen MR) is 86.0 cm³/mol. The topological polar surface area (TPSA) is 66.4 Å². The lowest BCUT2D eigenvalue weighted by Crippen LogP contribution is -2.57. The Kier molecular flexibility index (Phi) is 5.12. The van der Waals surface area contributed by atoms with Crippen LogP contribution in [0.1, 0.15) is 51.0 Å². The van der Waals surface area contributed by atoms with Crippen molar-refractivity contribution >= 4 is 23.5 Å². The van der Waals surface area contributed by atoms with E-state index in [9.17, 15) is 14.7 Å². The number of benzene rings is 1. The lowest BCUT2D eigenvalue weighted by atomic mass is 9.76. The number of amides is 1. The zero-order valence-electron chi connectivity index (χ0n) is 12.9. The van der Waals surface area contributed by atoms with Crippen LogP contribution in [0.5, 0.6) is 0 Å². The summed E-state index contributed by atoms with van der Waals surface area (Å²) in [5.74, 6) is -1.30. The number of carboxylic acids is 1. The van der Waals surface area contributed by atoms with Crippen LogP contribution in [0.15, 0.2) is 24.3 Å². The minimum atomic E-state index is -1.13. The lowest BCUT2D eigenvalue weighted by Gasteiger charge is -2.37. The van der Waals surface area contributed by atoms with Crippen LogP contribution in [0, 0.1) is 5.92 Å². The monoisotopic (exact) mass is 323 g/mol. The van der Waals surface area contributed by atoms with Gasteiger partial charge in [0.2, 0.25) is 5.91 Å². The van der Waals surface area contributed by atoms with Gasteiger partial charge in [-0.25, -0.2) is 4.79 Å². The Bertz CT molecular complexity index is 558. The number of carbonyl (C=O) groups is 2. The van der Waals surface area contributed by atoms with E-state index in [4.69, 9.17) is 11.6 Å². The van der Waals surface area contributed by atoms with E-state index in [1.165, 1.54) is 0 Å². The van der Waals surface area contributed by atoms with Crippen LogP contribution in [0.25, 0.3) is 0 Å². The van der Waals surface area contributed by atoms with Gasteiger partial charge >= 0.3 is 5.97 Å². The fraction of sp³-hybridized carbons (Fsp3) is 0.529. The van der Waals surface area contributed by atoms with Gasteiger partial charge in [-0.15, -0.1) is 0 Å². The van der Waals surface area contributed by atoms with E-state index in [0.717, 1.165) is 18.4 Å². The number of nitrogens with one attached hydrogen (secondary N) is 1. The number of rotatable bonds is 4. The number of aliphatic carboxylic acids is 1. The molecule has 1 saturated carbocycles. The third-order valence-electron chi connectivity index (χ3n) is 4.53. The van der Waals surface area contributed by atoms with Gasteiger partial charge < -0.3 is 10.4 Å². The molecule has 3 unspecified atom stereocenters. The second kappa shape index (κ2) is 6.69. The van der Waals surface area contributed by atoms with Gasteiger partial charge in [-0.2, -0.15) is 0 Å². The zero-order chi connectivity index (χ0) is 16.3. The molecule has 1 aromatic rings. The van der Waals surface area contributed by atoms with Crippen LogP contribution >= 0.6 is 11.6 Å². The SMILES string of the molecule is CC1CCCC(NC(=O)C(C)c2ccc(Cl)cc2)(C(=O)O)C1. The Morgan fingerprint density at radius 3 is 2.55 bits per heavy atom. The van der Waals surface area contributed by atoms with Gasteiger partial charge in [-0.1, -0.05) is 43.5 Å². The molecule has 1 fully saturated rings. The van der Waals surface area contributed by atoms with Crippen molar-refractivity contribution < 1.29 is 14.7 Å². The summed E-state index contributed by atoms with van der Waals surface area (Å²) < 4.78 is 0. The maximum Gasteiger partial charge on any atom is 0.329 e. The minimum absolute atomic E-state index is 0.251. The Labute approximate surface area is 135 Å². The Balaban J connectivity index is 2.14. The smallest absolute Gasteiger partial charge is 0.329 e. The molecule has 3 atom stereocenters. The van der Waals surface area contributed by atoms with E-state index in [0.29, 0.717) is 23.8 Å². The molecule has 22 heavy (non-hydrogen) atoms. The molecule has 0 radical (unpaired) electrons. The molecule has 1 aromatic carbocycles. The third-order valence-corrected chi connectivity index (χ3v) is 4.78. The fourth-order valence-corrected chi connectivity index (χ4v) is 3.29. The molecular weight excluding hydrogens is 302 g/mol. The molecule has 0 aliphatic heterocycles. The van der Waals surface area contributed by atoms with E-state index in [2.05, 4.69) is 5.32 Å². The van der Waals surface area contributed by atoms with Gasteiger partial charge in [0.1, 0.15) is 5.54 Å². The molecule has 0 bridgehead atoms. The Morgan fingerprint density at radius 2 is 2.00 bits per heavy atom. The van der Waals surface area contributed by atoms with Crippen LogP contribution in [0.4, 0.5) is 0 Å². The summed E-state index contributed by atoms with van der Waals surface area (Å²) in [5.41, 5.74) is -0.304. The predicted octanol–water partition coefficient (Wildman–Crippen LogP) is 3.59. The summed E-state index contributed by atoms with van der Waals surface area (Å²) in [4.78, 5) is 24.2. The van der Waals surface area contributed by atoms with Crippen LogP contribution in [-0.4, -0.2) is 22.5 Å². The van der Waals surface area contributed by atoms with Gasteiger partial charge in [-0.05, 0) is 43.4 Å². The van der Waals surface area contributed by atoms with Gasteiger partial charge in [0.15, 0.2) is 0 Å². The van der Waals surface area contributed by atoms with Crippen LogP contribution < -0.4 is 5.32 Å². The van der Waals surface area contributed by atoms with E-state index < -0.39 is 17.4 Å². The highest BCUT2D eigenvalue weighted by Gasteiger charge is 2.43. The first-order valence-electron chi connectivity index (χ1n) is 7.65. The Morgan fingerprint density at radius 1 is 1.36 bits per heavy atom. The van der Waals surface area contributed by atoms with Crippen molar-refractivity contribution in [3.05, 3.63) is 34.9 Å². The van der Waals surface area contributed by atoms with Crippen molar-refractivity contribution in [3.63, 3.8) is 0 Å². The molecule has 1 aliphatic carbocycles. The number of carbonyl (C=O) groups excluding carboxylic acids is 1. The van der Waals surface area contributed by atoms with E-state index in [1.807, 2.05) is 6.92 Å². The van der Waals surface area contributed by atoms with E-state index in [-0.39, 0.29) is 5.91 Å². The number of hydrogen-bond donors (Lipinski definition) is 2. The molecule has 1 aliphatic rings. The summed E-state index contributed by atoms with van der Waals surface area (Å²) in [7, 11) is 0. The van der Waals surface area contributed by atoms with Gasteiger partial charge in [-0.3, -0.25) is 4.79 Å². The van der Waals surface area contributed by atoms with Crippen LogP contribution in [-0.2, 0) is 9.59 Å². The quantitative estimate of drug-likeness (QED) is 0.889. The van der Waals surface area contributed by atoms with Gasteiger partial charge in [0.25, 0.3) is 0 Å². The lowest BCUT2D eigenvalue weighted by molar-refractivity contribution is -0.150. The molecule has 0 heterocycles. The summed E-state index contributed by atoms with van der Waals surface area (Å²) in [5, 5.41) is 13.0. The van der Waals surface area contributed by atoms with Crippen molar-refractivity contribution in [2.75, 3.05) is 0 Å². The van der Waals surface area contributed by atoms with Crippen molar-refractivity contribution in [1.29, 1.82) is 0 Å². The molecule has 5 heteroatoms. The largest absolute Gasteiger partial charge is 0.480 e. The molecule has 120 valence electrons. The zero-order valence-corrected chi connectivity index (χ0v) is 13.7. The molecule has 0 saturated heterocycles. The molecule has 4 nitrogen and oxygen atoms in total. The average Bonchev–Trinajstić information content (AvgIpc) is 2.47. The Hall–Kier alpha value is -1.55. The van der Waals surface area contributed by atoms with Gasteiger partial charge in [0, 0.05) is 5.02 Å². The second-order valence-corrected chi connectivity index (χ2v) is 6.79. The summed E-state index contributed by atoms with van der Waals surface area (Å²) >= 11 is 5.85. The van der Waals surface area contributed by atoms with E-state index >= 15 is 0 Å². The highest BCUT2D eigenvalue weighted by molar-refractivity contribution is 6.30. The first-order chi connectivity index (χ1) is 10.3. The first-order valence-corrected chi connectivity index (χ1v) is 8.03. The molecular formula is C17H22ClNO3. The normalized spacial score (nSPS) is 26.2. The summed E-state index contributed by atoms with van der Waals surface area (Å²) in [6.45, 7) is 3.81. The standard InChI is InChI=1S/C17H22ClNO3/c1-11-4-3-9-17(10-11,16(21)22)19-15(20)12(2)13-5-7-14(18)8-6-13/h5-8,11-12H,3-4,9-10H2,1-2H3,(H,19,20)(H,21,22). The van der Waals surface area contributed by atoms with Crippen LogP contribution in [0.2, 0.25) is 5.02 Å². The maximum absolute atomic E-state index is 12.5. The maximum atomic E-state index is 12.5. The molecule has 0 spiro atoms. The number of carboxylic acid groups (broad SMARTS) is 1. The molecule has 1 amide bonds. The molecule has 2 N–H and O–H groups in total. The molecule has 0 aromatic heterocycles. The fourth-order valence-electron chi connectivity index (χ4n) is 3.16. The van der Waals surface area contributed by atoms with Gasteiger partial charge in [0.05, 0.1) is 5.92 Å².